The van der Waals surface area contributed by atoms with Crippen LogP contribution in [0.4, 0.5) is 5.82 Å². The van der Waals surface area contributed by atoms with E-state index >= 15 is 0 Å². The van der Waals surface area contributed by atoms with Gasteiger partial charge in [0.2, 0.25) is 0 Å². The number of amides is 1. The summed E-state index contributed by atoms with van der Waals surface area (Å²) >= 11 is 0. The van der Waals surface area contributed by atoms with Gasteiger partial charge in [-0.05, 0) is 24.6 Å². The molecule has 0 N–H and O–H groups in total. The van der Waals surface area contributed by atoms with Gasteiger partial charge < -0.3 is 9.80 Å². The van der Waals surface area contributed by atoms with E-state index in [4.69, 9.17) is 0 Å². The molecule has 3 aromatic rings. The summed E-state index contributed by atoms with van der Waals surface area (Å²) in [5.41, 5.74) is 1.56. The second-order valence-corrected chi connectivity index (χ2v) is 7.20. The number of aryl methyl sites for hydroxylation is 1. The first kappa shape index (κ1) is 15.4. The van der Waals surface area contributed by atoms with Crippen molar-refractivity contribution in [3.8, 4) is 0 Å². The Hall–Kier alpha value is -2.89. The molecule has 0 radical (unpaired) electrons. The van der Waals surface area contributed by atoms with Crippen molar-refractivity contribution in [3.63, 3.8) is 0 Å². The van der Waals surface area contributed by atoms with Crippen molar-refractivity contribution >= 4 is 22.6 Å². The molecule has 1 aromatic carbocycles. The summed E-state index contributed by atoms with van der Waals surface area (Å²) in [4.78, 5) is 22.1. The summed E-state index contributed by atoms with van der Waals surface area (Å²) in [6, 6.07) is 14.2. The van der Waals surface area contributed by atoms with Crippen molar-refractivity contribution in [2.45, 2.75) is 12.5 Å². The minimum absolute atomic E-state index is 0.0529. The lowest BCUT2D eigenvalue weighted by Gasteiger charge is -2.24. The van der Waals surface area contributed by atoms with Crippen LogP contribution in [0.3, 0.4) is 0 Å². The first-order valence-corrected chi connectivity index (χ1v) is 9.11. The normalized spacial score (nSPS) is 22.2. The maximum atomic E-state index is 13.3. The van der Waals surface area contributed by atoms with E-state index in [2.05, 4.69) is 15.0 Å². The molecule has 2 saturated heterocycles. The van der Waals surface area contributed by atoms with Gasteiger partial charge in [-0.3, -0.25) is 9.48 Å². The zero-order chi connectivity index (χ0) is 17.7. The Balaban J connectivity index is 1.43. The van der Waals surface area contributed by atoms with E-state index in [1.807, 2.05) is 60.6 Å². The molecule has 4 heterocycles. The molecular formula is C20H21N5O. The quantitative estimate of drug-likeness (QED) is 0.714. The predicted molar refractivity (Wildman–Crippen MR) is 100 cm³/mol. The Morgan fingerprint density at radius 2 is 1.96 bits per heavy atom. The average molecular weight is 347 g/mol. The molecular weight excluding hydrogens is 326 g/mol. The Morgan fingerprint density at radius 3 is 2.81 bits per heavy atom. The van der Waals surface area contributed by atoms with Crippen LogP contribution in [0.1, 0.15) is 16.9 Å². The lowest BCUT2D eigenvalue weighted by atomic mass is 10.0. The summed E-state index contributed by atoms with van der Waals surface area (Å²) in [6.07, 6.45) is 2.87. The van der Waals surface area contributed by atoms with E-state index < -0.39 is 0 Å². The first-order valence-electron chi connectivity index (χ1n) is 9.11. The van der Waals surface area contributed by atoms with E-state index in [9.17, 15) is 4.79 Å². The Labute approximate surface area is 152 Å². The number of anilines is 1. The SMILES string of the molecule is Cn1nc(C(=O)N2CCC3CN(c4ccccn4)CC32)c2ccccc21. The van der Waals surface area contributed by atoms with Gasteiger partial charge in [0.05, 0.1) is 11.6 Å². The third-order valence-corrected chi connectivity index (χ3v) is 5.74. The molecule has 1 amide bonds. The van der Waals surface area contributed by atoms with Crippen molar-refractivity contribution in [2.75, 3.05) is 24.5 Å². The van der Waals surface area contributed by atoms with Crippen molar-refractivity contribution in [1.29, 1.82) is 0 Å². The van der Waals surface area contributed by atoms with Crippen LogP contribution in [-0.4, -0.2) is 51.2 Å². The zero-order valence-corrected chi connectivity index (χ0v) is 14.7. The number of hydrogen-bond donors (Lipinski definition) is 0. The molecule has 2 atom stereocenters. The Morgan fingerprint density at radius 1 is 1.12 bits per heavy atom. The van der Waals surface area contributed by atoms with Gasteiger partial charge >= 0.3 is 0 Å². The topological polar surface area (TPSA) is 54.3 Å². The zero-order valence-electron chi connectivity index (χ0n) is 14.7. The van der Waals surface area contributed by atoms with Crippen LogP contribution in [-0.2, 0) is 7.05 Å². The molecule has 6 heteroatoms. The molecule has 132 valence electrons. The van der Waals surface area contributed by atoms with Crippen LogP contribution >= 0.6 is 0 Å². The Kier molecular flexibility index (Phi) is 3.45. The molecule has 2 aliphatic heterocycles. The average Bonchev–Trinajstić information content (AvgIpc) is 3.35. The van der Waals surface area contributed by atoms with Crippen LogP contribution in [0.25, 0.3) is 10.9 Å². The second kappa shape index (κ2) is 5.83. The maximum Gasteiger partial charge on any atom is 0.275 e. The molecule has 26 heavy (non-hydrogen) atoms. The third-order valence-electron chi connectivity index (χ3n) is 5.74. The van der Waals surface area contributed by atoms with Gasteiger partial charge in [-0.2, -0.15) is 5.10 Å². The molecule has 0 spiro atoms. The number of likely N-dealkylation sites (tertiary alicyclic amines) is 1. The summed E-state index contributed by atoms with van der Waals surface area (Å²) in [6.45, 7) is 2.63. The van der Waals surface area contributed by atoms with Crippen LogP contribution < -0.4 is 4.90 Å². The molecule has 0 aliphatic carbocycles. The molecule has 2 aliphatic rings. The largest absolute Gasteiger partial charge is 0.354 e. The first-order chi connectivity index (χ1) is 12.7. The highest BCUT2D eigenvalue weighted by molar-refractivity contribution is 6.05. The van der Waals surface area contributed by atoms with Gasteiger partial charge in [0.15, 0.2) is 5.69 Å². The van der Waals surface area contributed by atoms with E-state index in [1.165, 1.54) is 0 Å². The number of rotatable bonds is 2. The van der Waals surface area contributed by atoms with Crippen molar-refractivity contribution in [1.82, 2.24) is 19.7 Å². The minimum Gasteiger partial charge on any atom is -0.354 e. The number of nitrogens with zero attached hydrogens (tertiary/aromatic N) is 5. The highest BCUT2D eigenvalue weighted by Gasteiger charge is 2.44. The summed E-state index contributed by atoms with van der Waals surface area (Å²) < 4.78 is 1.80. The predicted octanol–water partition coefficient (Wildman–Crippen LogP) is 2.32. The summed E-state index contributed by atoms with van der Waals surface area (Å²) in [5.74, 6) is 1.56. The molecule has 2 unspecified atom stereocenters. The van der Waals surface area contributed by atoms with Crippen molar-refractivity contribution in [3.05, 3.63) is 54.4 Å². The number of hydrogen-bond acceptors (Lipinski definition) is 4. The third kappa shape index (κ3) is 2.29. The highest BCUT2D eigenvalue weighted by Crippen LogP contribution is 2.34. The number of carbonyl (C=O) groups is 1. The summed E-state index contributed by atoms with van der Waals surface area (Å²) in [7, 11) is 1.89. The number of pyridine rings is 1. The maximum absolute atomic E-state index is 13.3. The molecule has 2 aromatic heterocycles. The molecule has 0 bridgehead atoms. The standard InChI is InChI=1S/C20H21N5O/c1-23-16-7-3-2-6-15(16)19(22-23)20(26)25-11-9-14-12-24(13-17(14)25)18-8-4-5-10-21-18/h2-8,10,14,17H,9,11-13H2,1H3. The van der Waals surface area contributed by atoms with E-state index in [0.29, 0.717) is 11.6 Å². The van der Waals surface area contributed by atoms with Gasteiger partial charge in [-0.25, -0.2) is 4.98 Å². The highest BCUT2D eigenvalue weighted by atomic mass is 16.2. The van der Waals surface area contributed by atoms with Gasteiger partial charge in [-0.15, -0.1) is 0 Å². The fraction of sp³-hybridized carbons (Fsp3) is 0.350. The van der Waals surface area contributed by atoms with E-state index in [-0.39, 0.29) is 11.9 Å². The van der Waals surface area contributed by atoms with Gasteiger partial charge in [0.25, 0.3) is 5.91 Å². The number of carbonyl (C=O) groups excluding carboxylic acids is 1. The van der Waals surface area contributed by atoms with Gasteiger partial charge in [0, 0.05) is 44.2 Å². The summed E-state index contributed by atoms with van der Waals surface area (Å²) in [5, 5.41) is 5.46. The smallest absolute Gasteiger partial charge is 0.275 e. The number of benzene rings is 1. The number of aromatic nitrogens is 3. The molecule has 6 nitrogen and oxygen atoms in total. The van der Waals surface area contributed by atoms with Crippen LogP contribution in [0.5, 0.6) is 0 Å². The lowest BCUT2D eigenvalue weighted by molar-refractivity contribution is 0.0733. The minimum atomic E-state index is 0.0529. The van der Waals surface area contributed by atoms with E-state index in [0.717, 1.165) is 42.8 Å². The van der Waals surface area contributed by atoms with Gasteiger partial charge in [0.1, 0.15) is 5.82 Å². The Bertz CT molecular complexity index is 967. The molecule has 5 rings (SSSR count). The van der Waals surface area contributed by atoms with E-state index in [1.54, 1.807) is 4.68 Å². The van der Waals surface area contributed by atoms with Crippen LogP contribution in [0.15, 0.2) is 48.7 Å². The number of fused-ring (bicyclic) bond motifs is 2. The van der Waals surface area contributed by atoms with Crippen molar-refractivity contribution < 1.29 is 4.79 Å². The monoisotopic (exact) mass is 347 g/mol. The van der Waals surface area contributed by atoms with Crippen LogP contribution in [0.2, 0.25) is 0 Å². The van der Waals surface area contributed by atoms with Gasteiger partial charge in [-0.1, -0.05) is 24.3 Å². The molecule has 0 saturated carbocycles. The fourth-order valence-electron chi connectivity index (χ4n) is 4.45. The van der Waals surface area contributed by atoms with Crippen LogP contribution in [0, 0.1) is 5.92 Å². The number of para-hydroxylation sites is 1. The lowest BCUT2D eigenvalue weighted by Crippen LogP contribution is -2.40. The fourth-order valence-corrected chi connectivity index (χ4v) is 4.45. The second-order valence-electron chi connectivity index (χ2n) is 7.20. The van der Waals surface area contributed by atoms with Crippen molar-refractivity contribution in [2.24, 2.45) is 13.0 Å². The molecule has 2 fully saturated rings.